The number of benzene rings is 2. The van der Waals surface area contributed by atoms with E-state index >= 15 is 0 Å². The molecule has 0 aliphatic carbocycles. The number of sulfonamides is 1. The van der Waals surface area contributed by atoms with Gasteiger partial charge in [0.05, 0.1) is 4.90 Å². The number of hydrogen-bond acceptors (Lipinski definition) is 6. The largest absolute Gasteiger partial charge is 0.459 e. The second kappa shape index (κ2) is 11.7. The number of amides is 1. The van der Waals surface area contributed by atoms with Crippen LogP contribution in [0.25, 0.3) is 10.8 Å². The maximum Gasteiger partial charge on any atom is 0.321 e. The average Bonchev–Trinajstić information content (AvgIpc) is 2.86. The van der Waals surface area contributed by atoms with Crippen LogP contribution in [0, 0.1) is 0 Å². The van der Waals surface area contributed by atoms with Crippen LogP contribution >= 0.6 is 11.6 Å². The van der Waals surface area contributed by atoms with E-state index in [-0.39, 0.29) is 16.8 Å². The normalized spacial score (nSPS) is 20.3. The fraction of sp³-hybridized carbons (Fsp3) is 0.586. The van der Waals surface area contributed by atoms with Crippen LogP contribution in [-0.4, -0.2) is 84.3 Å². The molecule has 0 aromatic heterocycles. The Morgan fingerprint density at radius 1 is 1.05 bits per heavy atom. The molecular weight excluding hydrogens is 538 g/mol. The molecule has 0 N–H and O–H groups in total. The van der Waals surface area contributed by atoms with Crippen molar-refractivity contribution >= 4 is 44.3 Å². The van der Waals surface area contributed by atoms with Crippen molar-refractivity contribution in [1.82, 2.24) is 14.1 Å². The molecule has 0 radical (unpaired) electrons. The maximum atomic E-state index is 14.1. The molecule has 1 atom stereocenters. The van der Waals surface area contributed by atoms with Crippen molar-refractivity contribution in [1.29, 1.82) is 0 Å². The van der Waals surface area contributed by atoms with E-state index in [0.29, 0.717) is 35.8 Å². The Labute approximate surface area is 237 Å². The Kier molecular flexibility index (Phi) is 8.95. The molecule has 39 heavy (non-hydrogen) atoms. The lowest BCUT2D eigenvalue weighted by molar-refractivity contribution is -0.156. The number of fused-ring (bicyclic) bond motifs is 1. The standard InChI is InChI=1S/C29H40ClN3O5S/c1-20(2)31-15-12-24(13-16-31)32-14-6-7-26(28(32)35)33(19-27(34)38-29(3,4)5)39(36,37)25-11-9-21-17-23(30)10-8-22(21)18-25/h8-11,17-18,20,24,26H,6-7,12-16,19H2,1-5H3/t26-/m0/s1. The number of hydrogen-bond donors (Lipinski definition) is 0. The SMILES string of the molecule is CC(C)N1CCC(N2CCC[C@H](N(CC(=O)OC(C)(C)C)S(=O)(=O)c3ccc4cc(Cl)ccc4c3)C2=O)CC1. The van der Waals surface area contributed by atoms with Crippen LogP contribution in [-0.2, 0) is 24.3 Å². The molecule has 2 fully saturated rings. The number of ether oxygens (including phenoxy) is 1. The van der Waals surface area contributed by atoms with Crippen LogP contribution in [0.5, 0.6) is 0 Å². The molecule has 214 valence electrons. The first kappa shape index (κ1) is 29.8. The first-order chi connectivity index (χ1) is 18.3. The molecule has 2 aromatic rings. The van der Waals surface area contributed by atoms with Crippen LogP contribution in [0.15, 0.2) is 41.3 Å². The minimum atomic E-state index is -4.22. The summed E-state index contributed by atoms with van der Waals surface area (Å²) in [7, 11) is -4.22. The highest BCUT2D eigenvalue weighted by Gasteiger charge is 2.43. The molecule has 0 saturated carbocycles. The van der Waals surface area contributed by atoms with Crippen LogP contribution in [0.2, 0.25) is 5.02 Å². The van der Waals surface area contributed by atoms with E-state index in [1.165, 1.54) is 6.07 Å². The molecule has 2 aliphatic rings. The molecule has 8 nitrogen and oxygen atoms in total. The highest BCUT2D eigenvalue weighted by molar-refractivity contribution is 7.89. The molecule has 2 aliphatic heterocycles. The molecule has 2 saturated heterocycles. The van der Waals surface area contributed by atoms with Gasteiger partial charge in [-0.05, 0) is 95.3 Å². The lowest BCUT2D eigenvalue weighted by Gasteiger charge is -2.44. The van der Waals surface area contributed by atoms with Crippen LogP contribution in [0.1, 0.15) is 60.3 Å². The molecule has 1 amide bonds. The van der Waals surface area contributed by atoms with E-state index in [0.717, 1.165) is 35.6 Å². The van der Waals surface area contributed by atoms with Gasteiger partial charge in [-0.2, -0.15) is 4.31 Å². The summed E-state index contributed by atoms with van der Waals surface area (Å²) in [4.78, 5) is 31.1. The molecular formula is C29H40ClN3O5S. The fourth-order valence-corrected chi connectivity index (χ4v) is 7.35. The Bertz CT molecular complexity index is 1320. The predicted octanol–water partition coefficient (Wildman–Crippen LogP) is 4.69. The van der Waals surface area contributed by atoms with Gasteiger partial charge in [0.25, 0.3) is 0 Å². The lowest BCUT2D eigenvalue weighted by Crippen LogP contribution is -2.59. The van der Waals surface area contributed by atoms with Crippen LogP contribution in [0.4, 0.5) is 0 Å². The van der Waals surface area contributed by atoms with Gasteiger partial charge < -0.3 is 14.5 Å². The Balaban J connectivity index is 1.65. The second-order valence-electron chi connectivity index (χ2n) is 11.8. The summed E-state index contributed by atoms with van der Waals surface area (Å²) in [6, 6.07) is 9.52. The molecule has 2 aromatic carbocycles. The van der Waals surface area contributed by atoms with E-state index in [9.17, 15) is 18.0 Å². The van der Waals surface area contributed by atoms with Gasteiger partial charge in [-0.3, -0.25) is 9.59 Å². The van der Waals surface area contributed by atoms with E-state index in [1.807, 2.05) is 4.90 Å². The number of rotatable bonds is 7. The number of piperidine rings is 2. The highest BCUT2D eigenvalue weighted by Crippen LogP contribution is 2.30. The van der Waals surface area contributed by atoms with E-state index in [4.69, 9.17) is 16.3 Å². The van der Waals surface area contributed by atoms with Crippen molar-refractivity contribution in [3.63, 3.8) is 0 Å². The molecule has 0 unspecified atom stereocenters. The fourth-order valence-electron chi connectivity index (χ4n) is 5.58. The van der Waals surface area contributed by atoms with E-state index < -0.39 is 34.2 Å². The minimum absolute atomic E-state index is 0.0241. The van der Waals surface area contributed by atoms with Crippen molar-refractivity contribution in [2.24, 2.45) is 0 Å². The smallest absolute Gasteiger partial charge is 0.321 e. The van der Waals surface area contributed by atoms with E-state index in [1.54, 1.807) is 51.1 Å². The van der Waals surface area contributed by atoms with Gasteiger partial charge in [-0.15, -0.1) is 0 Å². The molecule has 2 heterocycles. The molecule has 0 spiro atoms. The Morgan fingerprint density at radius 3 is 2.33 bits per heavy atom. The number of halogens is 1. The molecule has 0 bridgehead atoms. The van der Waals surface area contributed by atoms with E-state index in [2.05, 4.69) is 18.7 Å². The zero-order valence-corrected chi connectivity index (χ0v) is 25.1. The van der Waals surface area contributed by atoms with Gasteiger partial charge in [0.2, 0.25) is 15.9 Å². The predicted molar refractivity (Wildman–Crippen MR) is 153 cm³/mol. The third-order valence-electron chi connectivity index (χ3n) is 7.55. The van der Waals surface area contributed by atoms with Crippen molar-refractivity contribution in [3.8, 4) is 0 Å². The second-order valence-corrected chi connectivity index (χ2v) is 14.2. The number of likely N-dealkylation sites (tertiary alicyclic amines) is 2. The zero-order chi connectivity index (χ0) is 28.5. The topological polar surface area (TPSA) is 87.2 Å². The average molecular weight is 578 g/mol. The van der Waals surface area contributed by atoms with Crippen molar-refractivity contribution in [3.05, 3.63) is 41.4 Å². The summed E-state index contributed by atoms with van der Waals surface area (Å²) in [6.45, 7) is 11.4. The number of esters is 1. The van der Waals surface area contributed by atoms with Gasteiger partial charge in [-0.25, -0.2) is 8.42 Å². The number of nitrogens with zero attached hydrogens (tertiary/aromatic N) is 3. The van der Waals surface area contributed by atoms with Crippen LogP contribution in [0.3, 0.4) is 0 Å². The van der Waals surface area contributed by atoms with Crippen molar-refractivity contribution in [2.45, 2.75) is 88.9 Å². The third-order valence-corrected chi connectivity index (χ3v) is 9.63. The van der Waals surface area contributed by atoms with Gasteiger partial charge >= 0.3 is 5.97 Å². The Morgan fingerprint density at radius 2 is 1.69 bits per heavy atom. The van der Waals surface area contributed by atoms with Crippen LogP contribution < -0.4 is 0 Å². The van der Waals surface area contributed by atoms with Crippen molar-refractivity contribution < 1.29 is 22.7 Å². The van der Waals surface area contributed by atoms with Gasteiger partial charge in [0, 0.05) is 36.7 Å². The molecule has 10 heteroatoms. The monoisotopic (exact) mass is 577 g/mol. The summed E-state index contributed by atoms with van der Waals surface area (Å²) in [5, 5.41) is 2.05. The summed E-state index contributed by atoms with van der Waals surface area (Å²) in [5.41, 5.74) is -0.790. The van der Waals surface area contributed by atoms with Gasteiger partial charge in [-0.1, -0.05) is 23.7 Å². The summed E-state index contributed by atoms with van der Waals surface area (Å²) in [5.74, 6) is -0.919. The van der Waals surface area contributed by atoms with Gasteiger partial charge in [0.1, 0.15) is 18.2 Å². The zero-order valence-electron chi connectivity index (χ0n) is 23.5. The molecule has 4 rings (SSSR count). The lowest BCUT2D eigenvalue weighted by atomic mass is 9.96. The third kappa shape index (κ3) is 6.93. The first-order valence-electron chi connectivity index (χ1n) is 13.7. The quantitative estimate of drug-likeness (QED) is 0.444. The summed E-state index contributed by atoms with van der Waals surface area (Å²) in [6.07, 6.45) is 2.72. The number of carbonyl (C=O) groups excluding carboxylic acids is 2. The van der Waals surface area contributed by atoms with Gasteiger partial charge in [0.15, 0.2) is 0 Å². The first-order valence-corrected chi connectivity index (χ1v) is 15.6. The summed E-state index contributed by atoms with van der Waals surface area (Å²) >= 11 is 6.10. The van der Waals surface area contributed by atoms with Crippen molar-refractivity contribution in [2.75, 3.05) is 26.2 Å². The summed E-state index contributed by atoms with van der Waals surface area (Å²) < 4.78 is 34.8. The maximum absolute atomic E-state index is 14.1. The Hall–Kier alpha value is -2.20. The number of carbonyl (C=O) groups is 2. The minimum Gasteiger partial charge on any atom is -0.459 e. The highest BCUT2D eigenvalue weighted by atomic mass is 35.5.